The summed E-state index contributed by atoms with van der Waals surface area (Å²) >= 11 is 6.11. The zero-order valence-electron chi connectivity index (χ0n) is 12.9. The number of fused-ring (bicyclic) bond motifs is 1. The molecule has 0 bridgehead atoms. The van der Waals surface area contributed by atoms with Crippen LogP contribution in [0.4, 0.5) is 5.82 Å². The van der Waals surface area contributed by atoms with Gasteiger partial charge in [0.1, 0.15) is 11.6 Å². The van der Waals surface area contributed by atoms with Gasteiger partial charge in [0, 0.05) is 23.5 Å². The van der Waals surface area contributed by atoms with E-state index in [4.69, 9.17) is 11.6 Å². The average molecular weight is 355 g/mol. The maximum absolute atomic E-state index is 11.6. The van der Waals surface area contributed by atoms with Crippen LogP contribution in [-0.4, -0.2) is 37.2 Å². The summed E-state index contributed by atoms with van der Waals surface area (Å²) in [5.41, 5.74) is 0.775. The van der Waals surface area contributed by atoms with E-state index in [0.717, 1.165) is 42.7 Å². The van der Waals surface area contributed by atoms with Gasteiger partial charge < -0.3 is 4.90 Å². The van der Waals surface area contributed by atoms with Gasteiger partial charge in [-0.15, -0.1) is 0 Å². The van der Waals surface area contributed by atoms with Crippen molar-refractivity contribution < 1.29 is 8.42 Å². The van der Waals surface area contributed by atoms with Crippen molar-refractivity contribution in [2.45, 2.75) is 26.3 Å². The van der Waals surface area contributed by atoms with E-state index in [1.807, 2.05) is 12.1 Å². The van der Waals surface area contributed by atoms with Crippen molar-refractivity contribution in [3.05, 3.63) is 29.0 Å². The second-order valence-corrected chi connectivity index (χ2v) is 8.08. The largest absolute Gasteiger partial charge is 0.356 e. The molecular weight excluding hydrogens is 336 g/mol. The van der Waals surface area contributed by atoms with E-state index in [1.165, 1.54) is 0 Å². The number of benzene rings is 1. The van der Waals surface area contributed by atoms with Crippen molar-refractivity contribution >= 4 is 38.3 Å². The molecule has 1 aromatic carbocycles. The standard InChI is InChI=1S/C15H19ClN4O2S/c1-2-23(21,22)17-10-14-18-13-6-5-11(16)9-12(13)15(19-14)20-7-3-4-8-20/h5-6,9,17H,2-4,7-8,10H2,1H3. The first-order valence-corrected chi connectivity index (χ1v) is 9.70. The third-order valence-electron chi connectivity index (χ3n) is 3.92. The minimum atomic E-state index is -3.27. The Morgan fingerprint density at radius 1 is 1.26 bits per heavy atom. The molecule has 124 valence electrons. The van der Waals surface area contributed by atoms with Crippen LogP contribution in [0.15, 0.2) is 18.2 Å². The van der Waals surface area contributed by atoms with Crippen LogP contribution in [0.1, 0.15) is 25.6 Å². The van der Waals surface area contributed by atoms with Crippen LogP contribution in [-0.2, 0) is 16.6 Å². The third kappa shape index (κ3) is 3.73. The Bertz CT molecular complexity index is 820. The summed E-state index contributed by atoms with van der Waals surface area (Å²) in [6.45, 7) is 3.58. The van der Waals surface area contributed by atoms with Crippen LogP contribution in [0.5, 0.6) is 0 Å². The van der Waals surface area contributed by atoms with Crippen LogP contribution in [0.25, 0.3) is 10.9 Å². The topological polar surface area (TPSA) is 75.2 Å². The summed E-state index contributed by atoms with van der Waals surface area (Å²) < 4.78 is 25.8. The van der Waals surface area contributed by atoms with Crippen molar-refractivity contribution in [1.82, 2.24) is 14.7 Å². The van der Waals surface area contributed by atoms with Gasteiger partial charge in [-0.1, -0.05) is 11.6 Å². The number of aromatic nitrogens is 2. The lowest BCUT2D eigenvalue weighted by molar-refractivity contribution is 0.580. The quantitative estimate of drug-likeness (QED) is 0.891. The van der Waals surface area contributed by atoms with Gasteiger partial charge in [-0.25, -0.2) is 23.1 Å². The fraction of sp³-hybridized carbons (Fsp3) is 0.467. The Morgan fingerprint density at radius 2 is 2.00 bits per heavy atom. The molecule has 1 aromatic heterocycles. The highest BCUT2D eigenvalue weighted by molar-refractivity contribution is 7.89. The van der Waals surface area contributed by atoms with Gasteiger partial charge in [-0.2, -0.15) is 0 Å². The highest BCUT2D eigenvalue weighted by Gasteiger charge is 2.19. The molecule has 0 aliphatic carbocycles. The van der Waals surface area contributed by atoms with Crippen LogP contribution >= 0.6 is 11.6 Å². The molecule has 0 radical (unpaired) electrons. The number of rotatable bonds is 5. The van der Waals surface area contributed by atoms with E-state index in [9.17, 15) is 8.42 Å². The third-order valence-corrected chi connectivity index (χ3v) is 5.50. The van der Waals surface area contributed by atoms with Gasteiger partial charge in [0.2, 0.25) is 10.0 Å². The lowest BCUT2D eigenvalue weighted by atomic mass is 10.2. The molecule has 1 fully saturated rings. The molecule has 2 aromatic rings. The molecule has 0 saturated carbocycles. The zero-order chi connectivity index (χ0) is 16.4. The Hall–Kier alpha value is -1.44. The smallest absolute Gasteiger partial charge is 0.211 e. The first-order valence-electron chi connectivity index (χ1n) is 7.67. The van der Waals surface area contributed by atoms with Gasteiger partial charge in [0.05, 0.1) is 17.8 Å². The van der Waals surface area contributed by atoms with Crippen molar-refractivity contribution in [3.8, 4) is 0 Å². The molecule has 2 heterocycles. The second-order valence-electron chi connectivity index (χ2n) is 5.54. The highest BCUT2D eigenvalue weighted by Crippen LogP contribution is 2.29. The summed E-state index contributed by atoms with van der Waals surface area (Å²) in [7, 11) is -3.27. The number of hydrogen-bond donors (Lipinski definition) is 1. The van der Waals surface area contributed by atoms with E-state index < -0.39 is 10.0 Å². The minimum absolute atomic E-state index is 0.0369. The second kappa shape index (κ2) is 6.59. The van der Waals surface area contributed by atoms with E-state index in [0.29, 0.717) is 10.8 Å². The van der Waals surface area contributed by atoms with Crippen molar-refractivity contribution in [2.24, 2.45) is 0 Å². The molecule has 1 saturated heterocycles. The maximum Gasteiger partial charge on any atom is 0.211 e. The van der Waals surface area contributed by atoms with E-state index in [2.05, 4.69) is 19.6 Å². The molecule has 6 nitrogen and oxygen atoms in total. The molecule has 0 atom stereocenters. The zero-order valence-corrected chi connectivity index (χ0v) is 14.5. The molecule has 23 heavy (non-hydrogen) atoms. The van der Waals surface area contributed by atoms with Gasteiger partial charge in [-0.05, 0) is 38.0 Å². The molecule has 0 spiro atoms. The predicted molar refractivity (Wildman–Crippen MR) is 92.3 cm³/mol. The van der Waals surface area contributed by atoms with Gasteiger partial charge in [-0.3, -0.25) is 0 Å². The fourth-order valence-electron chi connectivity index (χ4n) is 2.66. The lowest BCUT2D eigenvalue weighted by Gasteiger charge is -2.19. The minimum Gasteiger partial charge on any atom is -0.356 e. The molecule has 1 N–H and O–H groups in total. The number of halogens is 1. The van der Waals surface area contributed by atoms with Crippen molar-refractivity contribution in [2.75, 3.05) is 23.7 Å². The van der Waals surface area contributed by atoms with Crippen molar-refractivity contribution in [3.63, 3.8) is 0 Å². The predicted octanol–water partition coefficient (Wildman–Crippen LogP) is 2.32. The normalized spacial score (nSPS) is 15.5. The number of anilines is 1. The molecule has 0 amide bonds. The fourth-order valence-corrected chi connectivity index (χ4v) is 3.38. The number of sulfonamides is 1. The van der Waals surface area contributed by atoms with Crippen LogP contribution in [0.2, 0.25) is 5.02 Å². The summed E-state index contributed by atoms with van der Waals surface area (Å²) in [5, 5.41) is 1.54. The molecular formula is C15H19ClN4O2S. The Balaban J connectivity index is 2.01. The molecule has 1 aliphatic rings. The van der Waals surface area contributed by atoms with Crippen molar-refractivity contribution in [1.29, 1.82) is 0 Å². The number of nitrogens with one attached hydrogen (secondary N) is 1. The first-order chi connectivity index (χ1) is 11.0. The van der Waals surface area contributed by atoms with Crippen LogP contribution < -0.4 is 9.62 Å². The summed E-state index contributed by atoms with van der Waals surface area (Å²) in [6, 6.07) is 5.49. The number of hydrogen-bond acceptors (Lipinski definition) is 5. The molecule has 3 rings (SSSR count). The maximum atomic E-state index is 11.6. The van der Waals surface area contributed by atoms with E-state index in [-0.39, 0.29) is 12.3 Å². The van der Waals surface area contributed by atoms with Gasteiger partial charge in [0.25, 0.3) is 0 Å². The van der Waals surface area contributed by atoms with E-state index in [1.54, 1.807) is 13.0 Å². The SMILES string of the molecule is CCS(=O)(=O)NCc1nc(N2CCCC2)c2cc(Cl)ccc2n1. The van der Waals surface area contributed by atoms with Gasteiger partial charge in [0.15, 0.2) is 0 Å². The summed E-state index contributed by atoms with van der Waals surface area (Å²) in [6.07, 6.45) is 2.26. The Morgan fingerprint density at radius 3 is 2.70 bits per heavy atom. The Labute approximate surface area is 140 Å². The van der Waals surface area contributed by atoms with Crippen LogP contribution in [0.3, 0.4) is 0 Å². The summed E-state index contributed by atoms with van der Waals surface area (Å²) in [4.78, 5) is 11.3. The first kappa shape index (κ1) is 16.4. The van der Waals surface area contributed by atoms with E-state index >= 15 is 0 Å². The van der Waals surface area contributed by atoms with Gasteiger partial charge >= 0.3 is 0 Å². The average Bonchev–Trinajstić information content (AvgIpc) is 3.07. The molecule has 1 aliphatic heterocycles. The Kier molecular flexibility index (Phi) is 4.70. The highest BCUT2D eigenvalue weighted by atomic mass is 35.5. The molecule has 8 heteroatoms. The lowest BCUT2D eigenvalue weighted by Crippen LogP contribution is -2.26. The van der Waals surface area contributed by atoms with Crippen LogP contribution in [0, 0.1) is 0 Å². The number of nitrogens with zero attached hydrogens (tertiary/aromatic N) is 3. The monoisotopic (exact) mass is 354 g/mol. The summed E-state index contributed by atoms with van der Waals surface area (Å²) in [5.74, 6) is 1.34. The molecule has 0 unspecified atom stereocenters.